The molecule has 0 spiro atoms. The van der Waals surface area contributed by atoms with Gasteiger partial charge >= 0.3 is 0 Å². The van der Waals surface area contributed by atoms with Gasteiger partial charge in [0.2, 0.25) is 15.9 Å². The highest BCUT2D eigenvalue weighted by Crippen LogP contribution is 2.24. The zero-order chi connectivity index (χ0) is 19.1. The molecule has 7 nitrogen and oxygen atoms in total. The van der Waals surface area contributed by atoms with Crippen molar-refractivity contribution >= 4 is 21.8 Å². The normalized spacial score (nSPS) is 16.3. The predicted molar refractivity (Wildman–Crippen MR) is 104 cm³/mol. The Morgan fingerprint density at radius 3 is 2.63 bits per heavy atom. The van der Waals surface area contributed by atoms with Crippen LogP contribution in [-0.4, -0.2) is 40.9 Å². The summed E-state index contributed by atoms with van der Waals surface area (Å²) in [5.41, 5.74) is 0. The van der Waals surface area contributed by atoms with Crippen molar-refractivity contribution in [1.29, 1.82) is 0 Å². The van der Waals surface area contributed by atoms with Crippen LogP contribution in [0.15, 0.2) is 32.8 Å². The Balaban J connectivity index is 1.59. The number of rotatable bonds is 8. The van der Waals surface area contributed by atoms with E-state index in [-0.39, 0.29) is 4.90 Å². The maximum Gasteiger partial charge on any atom is 0.244 e. The molecule has 0 unspecified atom stereocenters. The molecule has 3 rings (SSSR count). The van der Waals surface area contributed by atoms with Crippen molar-refractivity contribution < 1.29 is 12.9 Å². The first-order valence-electron chi connectivity index (χ1n) is 9.50. The lowest BCUT2D eigenvalue weighted by Gasteiger charge is -2.19. The third-order valence-electron chi connectivity index (χ3n) is 4.52. The Morgan fingerprint density at radius 2 is 1.96 bits per heavy atom. The molecule has 0 saturated carbocycles. The quantitative estimate of drug-likeness (QED) is 0.613. The Hall–Kier alpha value is -1.45. The maximum absolute atomic E-state index is 12.8. The highest BCUT2D eigenvalue weighted by atomic mass is 32.2. The molecule has 1 aliphatic heterocycles. The lowest BCUT2D eigenvalue weighted by Crippen LogP contribution is -2.32. The summed E-state index contributed by atoms with van der Waals surface area (Å²) in [4.78, 5) is 8.92. The van der Waals surface area contributed by atoms with Gasteiger partial charge in [0.1, 0.15) is 4.90 Å². The van der Waals surface area contributed by atoms with Gasteiger partial charge in [-0.25, -0.2) is 13.4 Å². The van der Waals surface area contributed by atoms with Crippen molar-refractivity contribution in [3.63, 3.8) is 0 Å². The molecule has 0 bridgehead atoms. The molecule has 27 heavy (non-hydrogen) atoms. The van der Waals surface area contributed by atoms with Gasteiger partial charge in [-0.2, -0.15) is 9.29 Å². The largest absolute Gasteiger partial charge is 0.338 e. The number of hydrogen-bond acceptors (Lipinski definition) is 7. The van der Waals surface area contributed by atoms with Crippen LogP contribution in [0, 0.1) is 0 Å². The van der Waals surface area contributed by atoms with Crippen LogP contribution >= 0.6 is 11.8 Å². The standard InChI is InChI=1S/C18H26N4O3S2/c1-2-3-8-16-20-17(25-21-16)14-26-18-10-9-15(13-19-18)27(23,24)22-11-6-4-5-7-12-22/h9-10,13H,2-8,11-12,14H2,1H3. The molecule has 0 aliphatic carbocycles. The van der Waals surface area contributed by atoms with Crippen molar-refractivity contribution in [2.45, 2.75) is 67.5 Å². The molecule has 1 aliphatic rings. The highest BCUT2D eigenvalue weighted by Gasteiger charge is 2.25. The van der Waals surface area contributed by atoms with Crippen LogP contribution < -0.4 is 0 Å². The molecule has 0 radical (unpaired) electrons. The second-order valence-corrected chi connectivity index (χ2v) is 9.58. The third kappa shape index (κ3) is 5.52. The fraction of sp³-hybridized carbons (Fsp3) is 0.611. The van der Waals surface area contributed by atoms with Crippen LogP contribution in [0.3, 0.4) is 0 Å². The minimum Gasteiger partial charge on any atom is -0.338 e. The van der Waals surface area contributed by atoms with Crippen molar-refractivity contribution in [3.05, 3.63) is 30.0 Å². The number of sulfonamides is 1. The van der Waals surface area contributed by atoms with Gasteiger partial charge in [0, 0.05) is 25.7 Å². The van der Waals surface area contributed by atoms with Crippen LogP contribution in [0.4, 0.5) is 0 Å². The molecular formula is C18H26N4O3S2. The SMILES string of the molecule is CCCCc1noc(CSc2ccc(S(=O)(=O)N3CCCCCC3)cn2)n1. The lowest BCUT2D eigenvalue weighted by atomic mass is 10.2. The first-order chi connectivity index (χ1) is 13.1. The highest BCUT2D eigenvalue weighted by molar-refractivity contribution is 7.98. The second kappa shape index (κ2) is 9.66. The van der Waals surface area contributed by atoms with E-state index in [1.165, 1.54) is 18.0 Å². The van der Waals surface area contributed by atoms with Crippen molar-refractivity contribution in [2.24, 2.45) is 0 Å². The van der Waals surface area contributed by atoms with Gasteiger partial charge in [0.25, 0.3) is 0 Å². The summed E-state index contributed by atoms with van der Waals surface area (Å²) in [6, 6.07) is 3.37. The van der Waals surface area contributed by atoms with Gasteiger partial charge < -0.3 is 4.52 Å². The molecular weight excluding hydrogens is 384 g/mol. The average Bonchev–Trinajstić information content (AvgIpc) is 2.95. The molecule has 148 valence electrons. The fourth-order valence-electron chi connectivity index (χ4n) is 2.96. The zero-order valence-corrected chi connectivity index (χ0v) is 17.3. The molecule has 0 atom stereocenters. The molecule has 0 aromatic carbocycles. The number of pyridine rings is 1. The molecule has 2 aromatic heterocycles. The van der Waals surface area contributed by atoms with E-state index in [0.717, 1.165) is 55.8 Å². The van der Waals surface area contributed by atoms with Crippen molar-refractivity contribution in [1.82, 2.24) is 19.4 Å². The number of aromatic nitrogens is 3. The zero-order valence-electron chi connectivity index (χ0n) is 15.6. The summed E-state index contributed by atoms with van der Waals surface area (Å²) in [6.07, 6.45) is 8.44. The maximum atomic E-state index is 12.8. The predicted octanol–water partition coefficient (Wildman–Crippen LogP) is 3.66. The van der Waals surface area contributed by atoms with Crippen molar-refractivity contribution in [3.8, 4) is 0 Å². The lowest BCUT2D eigenvalue weighted by molar-refractivity contribution is 0.384. The Kier molecular flexibility index (Phi) is 7.26. The number of hydrogen-bond donors (Lipinski definition) is 0. The minimum absolute atomic E-state index is 0.258. The molecule has 3 heterocycles. The number of nitrogens with zero attached hydrogens (tertiary/aromatic N) is 4. The molecule has 0 amide bonds. The number of unbranched alkanes of at least 4 members (excludes halogenated alkanes) is 1. The van der Waals surface area contributed by atoms with E-state index in [0.29, 0.717) is 24.7 Å². The third-order valence-corrected chi connectivity index (χ3v) is 7.33. The number of aryl methyl sites for hydroxylation is 1. The van der Waals surface area contributed by atoms with Gasteiger partial charge in [0.15, 0.2) is 5.82 Å². The van der Waals surface area contributed by atoms with Crippen LogP contribution in [-0.2, 0) is 22.2 Å². The van der Waals surface area contributed by atoms with Crippen LogP contribution in [0.25, 0.3) is 0 Å². The molecule has 0 N–H and O–H groups in total. The van der Waals surface area contributed by atoms with Crippen LogP contribution in [0.2, 0.25) is 0 Å². The molecule has 1 saturated heterocycles. The summed E-state index contributed by atoms with van der Waals surface area (Å²) < 4.78 is 32.4. The Morgan fingerprint density at radius 1 is 1.19 bits per heavy atom. The second-order valence-electron chi connectivity index (χ2n) is 6.65. The summed E-state index contributed by atoms with van der Waals surface area (Å²) in [5, 5.41) is 4.70. The summed E-state index contributed by atoms with van der Waals surface area (Å²) in [7, 11) is -3.45. The Labute approximate surface area is 165 Å². The van der Waals surface area contributed by atoms with E-state index >= 15 is 0 Å². The Bertz CT molecular complexity index is 813. The van der Waals surface area contributed by atoms with E-state index in [4.69, 9.17) is 4.52 Å². The smallest absolute Gasteiger partial charge is 0.244 e. The topological polar surface area (TPSA) is 89.2 Å². The number of thioether (sulfide) groups is 1. The summed E-state index contributed by atoms with van der Waals surface area (Å²) >= 11 is 1.45. The summed E-state index contributed by atoms with van der Waals surface area (Å²) in [6.45, 7) is 3.31. The van der Waals surface area contributed by atoms with E-state index in [9.17, 15) is 8.42 Å². The first-order valence-corrected chi connectivity index (χ1v) is 11.9. The van der Waals surface area contributed by atoms with E-state index in [1.807, 2.05) is 0 Å². The fourth-order valence-corrected chi connectivity index (χ4v) is 5.10. The van der Waals surface area contributed by atoms with E-state index < -0.39 is 10.0 Å². The first kappa shape index (κ1) is 20.3. The summed E-state index contributed by atoms with van der Waals surface area (Å²) in [5.74, 6) is 1.82. The average molecular weight is 411 g/mol. The van der Waals surface area contributed by atoms with Crippen LogP contribution in [0.5, 0.6) is 0 Å². The van der Waals surface area contributed by atoms with Gasteiger partial charge in [-0.15, -0.1) is 0 Å². The molecule has 1 fully saturated rings. The van der Waals surface area contributed by atoms with Gasteiger partial charge in [-0.3, -0.25) is 0 Å². The molecule has 9 heteroatoms. The van der Waals surface area contributed by atoms with Gasteiger partial charge in [-0.05, 0) is 31.4 Å². The van der Waals surface area contributed by atoms with Gasteiger partial charge in [0.05, 0.1) is 10.8 Å². The monoisotopic (exact) mass is 410 g/mol. The van der Waals surface area contributed by atoms with Crippen molar-refractivity contribution in [2.75, 3.05) is 13.1 Å². The van der Waals surface area contributed by atoms with Crippen LogP contribution in [0.1, 0.15) is 57.2 Å². The molecule has 2 aromatic rings. The van der Waals surface area contributed by atoms with E-state index in [1.54, 1.807) is 16.4 Å². The van der Waals surface area contributed by atoms with E-state index in [2.05, 4.69) is 22.0 Å². The minimum atomic E-state index is -3.45. The van der Waals surface area contributed by atoms with Gasteiger partial charge in [-0.1, -0.05) is 43.1 Å².